The first-order valence-corrected chi connectivity index (χ1v) is 7.16. The van der Waals surface area contributed by atoms with E-state index in [2.05, 4.69) is 5.32 Å². The molecule has 0 bridgehead atoms. The van der Waals surface area contributed by atoms with Crippen molar-refractivity contribution in [1.82, 2.24) is 5.32 Å². The van der Waals surface area contributed by atoms with Crippen molar-refractivity contribution in [3.63, 3.8) is 0 Å². The number of carbonyl (C=O) groups is 1. The van der Waals surface area contributed by atoms with Crippen molar-refractivity contribution in [3.05, 3.63) is 69.0 Å². The Kier molecular flexibility index (Phi) is 4.86. The summed E-state index contributed by atoms with van der Waals surface area (Å²) in [7, 11) is 0. The second kappa shape index (κ2) is 6.46. The second-order valence-electron chi connectivity index (χ2n) is 4.84. The second-order valence-corrected chi connectivity index (χ2v) is 5.69. The lowest BCUT2D eigenvalue weighted by Gasteiger charge is -2.16. The Hall–Kier alpha value is -1.58. The number of hydrogen-bond donors (Lipinski definition) is 1. The molecule has 0 radical (unpaired) electrons. The molecule has 1 unspecified atom stereocenters. The number of carbonyl (C=O) groups excluding carboxylic acids is 1. The van der Waals surface area contributed by atoms with Crippen molar-refractivity contribution in [1.29, 1.82) is 0 Å². The summed E-state index contributed by atoms with van der Waals surface area (Å²) >= 11 is 11.9. The van der Waals surface area contributed by atoms with Crippen molar-refractivity contribution >= 4 is 29.1 Å². The van der Waals surface area contributed by atoms with E-state index < -0.39 is 11.7 Å². The van der Waals surface area contributed by atoms with Crippen LogP contribution < -0.4 is 5.32 Å². The number of nitrogens with one attached hydrogen (secondary N) is 1. The number of hydrogen-bond acceptors (Lipinski definition) is 1. The van der Waals surface area contributed by atoms with Gasteiger partial charge in [-0.05, 0) is 43.7 Å². The van der Waals surface area contributed by atoms with Crippen LogP contribution in [0.4, 0.5) is 4.39 Å². The molecule has 0 aromatic heterocycles. The van der Waals surface area contributed by atoms with Gasteiger partial charge in [0.05, 0.1) is 11.6 Å². The van der Waals surface area contributed by atoms with Crippen LogP contribution in [0.25, 0.3) is 0 Å². The minimum atomic E-state index is -0.549. The molecule has 2 rings (SSSR count). The molecule has 0 aliphatic heterocycles. The highest BCUT2D eigenvalue weighted by Gasteiger charge is 2.17. The van der Waals surface area contributed by atoms with Crippen LogP contribution in [0.5, 0.6) is 0 Å². The third-order valence-electron chi connectivity index (χ3n) is 3.14. The normalized spacial score (nSPS) is 12.0. The Morgan fingerprint density at radius 3 is 2.57 bits per heavy atom. The van der Waals surface area contributed by atoms with Crippen LogP contribution in [0.1, 0.15) is 34.5 Å². The fourth-order valence-electron chi connectivity index (χ4n) is 2.02. The highest BCUT2D eigenvalue weighted by molar-refractivity contribution is 6.35. The predicted octanol–water partition coefficient (Wildman–Crippen LogP) is 4.93. The molecule has 0 heterocycles. The highest BCUT2D eigenvalue weighted by atomic mass is 35.5. The van der Waals surface area contributed by atoms with Gasteiger partial charge in [-0.25, -0.2) is 4.39 Å². The van der Waals surface area contributed by atoms with Gasteiger partial charge in [0.1, 0.15) is 5.82 Å². The highest BCUT2D eigenvalue weighted by Crippen LogP contribution is 2.26. The first-order valence-electron chi connectivity index (χ1n) is 6.40. The molecule has 0 saturated carbocycles. The monoisotopic (exact) mass is 325 g/mol. The molecule has 0 saturated heterocycles. The van der Waals surface area contributed by atoms with Crippen molar-refractivity contribution in [3.8, 4) is 0 Å². The zero-order valence-electron chi connectivity index (χ0n) is 11.6. The lowest BCUT2D eigenvalue weighted by molar-refractivity contribution is 0.0936. The molecule has 5 heteroatoms. The number of benzene rings is 2. The van der Waals surface area contributed by atoms with E-state index in [1.807, 2.05) is 0 Å². The van der Waals surface area contributed by atoms with Crippen LogP contribution in [0.2, 0.25) is 10.0 Å². The Morgan fingerprint density at radius 2 is 1.90 bits per heavy atom. The maximum absolute atomic E-state index is 13.7. The van der Waals surface area contributed by atoms with Gasteiger partial charge < -0.3 is 5.32 Å². The number of amides is 1. The fourth-order valence-corrected chi connectivity index (χ4v) is 2.59. The van der Waals surface area contributed by atoms with E-state index in [0.29, 0.717) is 10.0 Å². The molecule has 0 aliphatic carbocycles. The zero-order chi connectivity index (χ0) is 15.6. The van der Waals surface area contributed by atoms with E-state index in [1.54, 1.807) is 38.1 Å². The largest absolute Gasteiger partial charge is 0.345 e. The van der Waals surface area contributed by atoms with E-state index in [-0.39, 0.29) is 11.6 Å². The van der Waals surface area contributed by atoms with E-state index in [4.69, 9.17) is 23.2 Å². The van der Waals surface area contributed by atoms with Crippen molar-refractivity contribution < 1.29 is 9.18 Å². The fraction of sp³-hybridized carbons (Fsp3) is 0.188. The summed E-state index contributed by atoms with van der Waals surface area (Å²) in [5, 5.41) is 3.71. The number of rotatable bonds is 3. The minimum Gasteiger partial charge on any atom is -0.345 e. The molecular formula is C16H14Cl2FNO. The van der Waals surface area contributed by atoms with Gasteiger partial charge in [-0.3, -0.25) is 4.79 Å². The van der Waals surface area contributed by atoms with Gasteiger partial charge in [0, 0.05) is 10.0 Å². The summed E-state index contributed by atoms with van der Waals surface area (Å²) in [4.78, 5) is 12.2. The molecule has 0 fully saturated rings. The first kappa shape index (κ1) is 15.8. The smallest absolute Gasteiger partial charge is 0.254 e. The summed E-state index contributed by atoms with van der Waals surface area (Å²) in [5.74, 6) is -1.03. The molecule has 2 nitrogen and oxygen atoms in total. The van der Waals surface area contributed by atoms with E-state index in [9.17, 15) is 9.18 Å². The van der Waals surface area contributed by atoms with Crippen molar-refractivity contribution in [2.24, 2.45) is 0 Å². The number of aryl methyl sites for hydroxylation is 1. The van der Waals surface area contributed by atoms with Crippen LogP contribution in [-0.4, -0.2) is 5.91 Å². The lowest BCUT2D eigenvalue weighted by atomic mass is 10.1. The van der Waals surface area contributed by atoms with Gasteiger partial charge in [-0.2, -0.15) is 0 Å². The van der Waals surface area contributed by atoms with Gasteiger partial charge >= 0.3 is 0 Å². The van der Waals surface area contributed by atoms with Crippen LogP contribution in [0.3, 0.4) is 0 Å². The zero-order valence-corrected chi connectivity index (χ0v) is 13.1. The minimum absolute atomic E-state index is 0.0203. The van der Waals surface area contributed by atoms with Gasteiger partial charge in [-0.15, -0.1) is 0 Å². The Labute approximate surface area is 132 Å². The molecule has 0 aliphatic rings. The van der Waals surface area contributed by atoms with E-state index in [1.165, 1.54) is 12.1 Å². The van der Waals surface area contributed by atoms with Crippen LogP contribution in [-0.2, 0) is 0 Å². The van der Waals surface area contributed by atoms with Gasteiger partial charge in [0.2, 0.25) is 0 Å². The molecule has 110 valence electrons. The van der Waals surface area contributed by atoms with Crippen LogP contribution in [0.15, 0.2) is 36.4 Å². The van der Waals surface area contributed by atoms with Gasteiger partial charge in [-0.1, -0.05) is 40.9 Å². The van der Waals surface area contributed by atoms with Crippen LogP contribution >= 0.6 is 23.2 Å². The SMILES string of the molecule is Cc1ccc(F)c(C(=O)NC(C)c2ccc(Cl)cc2Cl)c1. The summed E-state index contributed by atoms with van der Waals surface area (Å²) in [6, 6.07) is 9.09. The van der Waals surface area contributed by atoms with E-state index >= 15 is 0 Å². The third-order valence-corrected chi connectivity index (χ3v) is 3.71. The molecule has 1 atom stereocenters. The standard InChI is InChI=1S/C16H14Cl2FNO/c1-9-3-6-15(19)13(7-9)16(21)20-10(2)12-5-4-11(17)8-14(12)18/h3-8,10H,1-2H3,(H,20,21). The Morgan fingerprint density at radius 1 is 1.19 bits per heavy atom. The predicted molar refractivity (Wildman–Crippen MR) is 83.5 cm³/mol. The average molecular weight is 326 g/mol. The average Bonchev–Trinajstić information content (AvgIpc) is 2.41. The first-order chi connectivity index (χ1) is 9.88. The maximum Gasteiger partial charge on any atom is 0.254 e. The van der Waals surface area contributed by atoms with Crippen molar-refractivity contribution in [2.45, 2.75) is 19.9 Å². The van der Waals surface area contributed by atoms with Gasteiger partial charge in [0.25, 0.3) is 5.91 Å². The Balaban J connectivity index is 2.20. The molecule has 2 aromatic rings. The third kappa shape index (κ3) is 3.74. The van der Waals surface area contributed by atoms with Gasteiger partial charge in [0.15, 0.2) is 0 Å². The molecule has 0 spiro atoms. The summed E-state index contributed by atoms with van der Waals surface area (Å²) < 4.78 is 13.7. The maximum atomic E-state index is 13.7. The molecule has 1 amide bonds. The molecule has 2 aromatic carbocycles. The molecule has 1 N–H and O–H groups in total. The summed E-state index contributed by atoms with van der Waals surface area (Å²) in [6.45, 7) is 3.58. The quantitative estimate of drug-likeness (QED) is 0.851. The van der Waals surface area contributed by atoms with E-state index in [0.717, 1.165) is 11.1 Å². The number of halogens is 3. The molecular weight excluding hydrogens is 312 g/mol. The molecule has 21 heavy (non-hydrogen) atoms. The van der Waals surface area contributed by atoms with Crippen molar-refractivity contribution in [2.75, 3.05) is 0 Å². The van der Waals surface area contributed by atoms with Crippen LogP contribution in [0, 0.1) is 12.7 Å². The summed E-state index contributed by atoms with van der Waals surface area (Å²) in [6.07, 6.45) is 0. The summed E-state index contributed by atoms with van der Waals surface area (Å²) in [5.41, 5.74) is 1.56. The Bertz CT molecular complexity index is 688. The lowest BCUT2D eigenvalue weighted by Crippen LogP contribution is -2.27. The topological polar surface area (TPSA) is 29.1 Å².